The molecule has 0 spiro atoms. The van der Waals surface area contributed by atoms with Crippen LogP contribution in [0, 0.1) is 11.3 Å². The average molecular weight is 311 g/mol. The van der Waals surface area contributed by atoms with E-state index in [1.54, 1.807) is 0 Å². The second-order valence-corrected chi connectivity index (χ2v) is 7.29. The van der Waals surface area contributed by atoms with Gasteiger partial charge in [0.2, 0.25) is 0 Å². The molecular formula is C15H23BrN2. The Labute approximate surface area is 119 Å². The van der Waals surface area contributed by atoms with Crippen LogP contribution < -0.4 is 5.73 Å². The first-order valence-corrected chi connectivity index (χ1v) is 7.42. The van der Waals surface area contributed by atoms with Crippen LogP contribution in [0.25, 0.3) is 0 Å². The maximum atomic E-state index is 5.86. The highest BCUT2D eigenvalue weighted by Gasteiger charge is 2.31. The first-order chi connectivity index (χ1) is 8.36. The summed E-state index contributed by atoms with van der Waals surface area (Å²) < 4.78 is 1.16. The summed E-state index contributed by atoms with van der Waals surface area (Å²) in [7, 11) is 0. The summed E-state index contributed by atoms with van der Waals surface area (Å²) in [5.74, 6) is 0.803. The lowest BCUT2D eigenvalue weighted by atomic mass is 9.80. The minimum atomic E-state index is 0.418. The zero-order valence-electron chi connectivity index (χ0n) is 11.5. The first kappa shape index (κ1) is 13.9. The minimum Gasteiger partial charge on any atom is -0.399 e. The fourth-order valence-electron chi connectivity index (χ4n) is 2.64. The van der Waals surface area contributed by atoms with Crippen LogP contribution in [-0.4, -0.2) is 18.0 Å². The standard InChI is InChI=1S/C15H23BrN2/c1-15(2,3)12-6-7-18(10-12)9-11-8-13(17)4-5-14(11)16/h4-5,8,12H,6-7,9-10,17H2,1-3H3. The third-order valence-electron chi connectivity index (χ3n) is 3.96. The van der Waals surface area contributed by atoms with Crippen LogP contribution in [0.3, 0.4) is 0 Å². The Kier molecular flexibility index (Phi) is 4.02. The van der Waals surface area contributed by atoms with Crippen LogP contribution in [0.1, 0.15) is 32.8 Å². The maximum absolute atomic E-state index is 5.86. The van der Waals surface area contributed by atoms with Crippen molar-refractivity contribution in [1.82, 2.24) is 4.90 Å². The van der Waals surface area contributed by atoms with Gasteiger partial charge in [0.25, 0.3) is 0 Å². The molecule has 1 heterocycles. The van der Waals surface area contributed by atoms with Gasteiger partial charge in [-0.05, 0) is 48.1 Å². The molecular weight excluding hydrogens is 288 g/mol. The van der Waals surface area contributed by atoms with E-state index in [1.807, 2.05) is 12.1 Å². The molecule has 1 aromatic carbocycles. The number of nitrogens with zero attached hydrogens (tertiary/aromatic N) is 1. The molecule has 18 heavy (non-hydrogen) atoms. The van der Waals surface area contributed by atoms with E-state index < -0.39 is 0 Å². The zero-order valence-corrected chi connectivity index (χ0v) is 13.1. The van der Waals surface area contributed by atoms with E-state index >= 15 is 0 Å². The molecule has 0 saturated carbocycles. The van der Waals surface area contributed by atoms with Crippen LogP contribution in [0.5, 0.6) is 0 Å². The monoisotopic (exact) mass is 310 g/mol. The van der Waals surface area contributed by atoms with Gasteiger partial charge in [0.1, 0.15) is 0 Å². The Morgan fingerprint density at radius 3 is 2.72 bits per heavy atom. The van der Waals surface area contributed by atoms with Crippen molar-refractivity contribution in [3.8, 4) is 0 Å². The summed E-state index contributed by atoms with van der Waals surface area (Å²) in [4.78, 5) is 2.54. The van der Waals surface area contributed by atoms with Crippen LogP contribution in [0.2, 0.25) is 0 Å². The number of rotatable bonds is 2. The summed E-state index contributed by atoms with van der Waals surface area (Å²) in [6, 6.07) is 6.06. The molecule has 0 aromatic heterocycles. The van der Waals surface area contributed by atoms with Gasteiger partial charge in [-0.2, -0.15) is 0 Å². The lowest BCUT2D eigenvalue weighted by molar-refractivity contribution is 0.226. The van der Waals surface area contributed by atoms with Crippen molar-refractivity contribution in [2.24, 2.45) is 11.3 Å². The summed E-state index contributed by atoms with van der Waals surface area (Å²) >= 11 is 3.61. The van der Waals surface area contributed by atoms with Crippen molar-refractivity contribution in [3.05, 3.63) is 28.2 Å². The molecule has 1 aliphatic heterocycles. The number of halogens is 1. The largest absolute Gasteiger partial charge is 0.399 e. The highest BCUT2D eigenvalue weighted by molar-refractivity contribution is 9.10. The Bertz CT molecular complexity index is 423. The molecule has 1 unspecified atom stereocenters. The molecule has 1 atom stereocenters. The quantitative estimate of drug-likeness (QED) is 0.839. The number of nitrogens with two attached hydrogens (primary N) is 1. The molecule has 1 aromatic rings. The molecule has 2 N–H and O–H groups in total. The first-order valence-electron chi connectivity index (χ1n) is 6.62. The number of hydrogen-bond acceptors (Lipinski definition) is 2. The average Bonchev–Trinajstić information content (AvgIpc) is 2.71. The van der Waals surface area contributed by atoms with Gasteiger partial charge in [-0.25, -0.2) is 0 Å². The summed E-state index contributed by atoms with van der Waals surface area (Å²) in [6.45, 7) is 10.4. The van der Waals surface area contributed by atoms with E-state index in [0.29, 0.717) is 5.41 Å². The highest BCUT2D eigenvalue weighted by atomic mass is 79.9. The van der Waals surface area contributed by atoms with E-state index in [1.165, 1.54) is 25.1 Å². The molecule has 2 nitrogen and oxygen atoms in total. The smallest absolute Gasteiger partial charge is 0.0318 e. The van der Waals surface area contributed by atoms with Gasteiger partial charge in [-0.15, -0.1) is 0 Å². The predicted molar refractivity (Wildman–Crippen MR) is 81.4 cm³/mol. The molecule has 1 fully saturated rings. The van der Waals surface area contributed by atoms with E-state index in [9.17, 15) is 0 Å². The Balaban J connectivity index is 2.01. The minimum absolute atomic E-state index is 0.418. The number of hydrogen-bond donors (Lipinski definition) is 1. The van der Waals surface area contributed by atoms with Crippen molar-refractivity contribution < 1.29 is 0 Å². The Morgan fingerprint density at radius 1 is 1.39 bits per heavy atom. The topological polar surface area (TPSA) is 29.3 Å². The van der Waals surface area contributed by atoms with Gasteiger partial charge in [0.15, 0.2) is 0 Å². The third-order valence-corrected chi connectivity index (χ3v) is 4.73. The van der Waals surface area contributed by atoms with E-state index in [4.69, 9.17) is 5.73 Å². The molecule has 0 aliphatic carbocycles. The normalized spacial score (nSPS) is 21.4. The molecule has 0 radical (unpaired) electrons. The fraction of sp³-hybridized carbons (Fsp3) is 0.600. The van der Waals surface area contributed by atoms with Crippen LogP contribution in [0.4, 0.5) is 5.69 Å². The molecule has 0 bridgehead atoms. The van der Waals surface area contributed by atoms with Crippen molar-refractivity contribution in [2.45, 2.75) is 33.7 Å². The predicted octanol–water partition coefficient (Wildman–Crippen LogP) is 3.90. The van der Waals surface area contributed by atoms with Gasteiger partial charge in [0, 0.05) is 23.2 Å². The lowest BCUT2D eigenvalue weighted by Gasteiger charge is -2.27. The van der Waals surface area contributed by atoms with E-state index in [-0.39, 0.29) is 0 Å². The van der Waals surface area contributed by atoms with Crippen LogP contribution in [0.15, 0.2) is 22.7 Å². The zero-order chi connectivity index (χ0) is 13.3. The van der Waals surface area contributed by atoms with Crippen molar-refractivity contribution >= 4 is 21.6 Å². The van der Waals surface area contributed by atoms with Crippen LogP contribution in [-0.2, 0) is 6.54 Å². The molecule has 1 saturated heterocycles. The molecule has 1 aliphatic rings. The van der Waals surface area contributed by atoms with E-state index in [0.717, 1.165) is 22.6 Å². The van der Waals surface area contributed by atoms with Gasteiger partial charge in [0.05, 0.1) is 0 Å². The van der Waals surface area contributed by atoms with Gasteiger partial charge < -0.3 is 5.73 Å². The second kappa shape index (κ2) is 5.22. The number of likely N-dealkylation sites (tertiary alicyclic amines) is 1. The third kappa shape index (κ3) is 3.27. The highest BCUT2D eigenvalue weighted by Crippen LogP contribution is 2.34. The van der Waals surface area contributed by atoms with Crippen molar-refractivity contribution in [3.63, 3.8) is 0 Å². The van der Waals surface area contributed by atoms with Gasteiger partial charge in [-0.1, -0.05) is 36.7 Å². The fourth-order valence-corrected chi connectivity index (χ4v) is 3.01. The Morgan fingerprint density at radius 2 is 2.11 bits per heavy atom. The number of benzene rings is 1. The summed E-state index contributed by atoms with van der Waals surface area (Å²) in [6.07, 6.45) is 1.31. The lowest BCUT2D eigenvalue weighted by Crippen LogP contribution is -2.25. The molecule has 3 heteroatoms. The van der Waals surface area contributed by atoms with Crippen LogP contribution >= 0.6 is 15.9 Å². The van der Waals surface area contributed by atoms with Crippen molar-refractivity contribution in [2.75, 3.05) is 18.8 Å². The SMILES string of the molecule is CC(C)(C)C1CCN(Cc2cc(N)ccc2Br)C1. The van der Waals surface area contributed by atoms with Gasteiger partial charge in [-0.3, -0.25) is 4.90 Å². The van der Waals surface area contributed by atoms with Gasteiger partial charge >= 0.3 is 0 Å². The molecule has 100 valence electrons. The second-order valence-electron chi connectivity index (χ2n) is 6.44. The van der Waals surface area contributed by atoms with Crippen molar-refractivity contribution in [1.29, 1.82) is 0 Å². The summed E-state index contributed by atoms with van der Waals surface area (Å²) in [5.41, 5.74) is 8.42. The van der Waals surface area contributed by atoms with E-state index in [2.05, 4.69) is 47.7 Å². The molecule has 0 amide bonds. The number of anilines is 1. The Hall–Kier alpha value is -0.540. The number of nitrogen functional groups attached to an aromatic ring is 1. The maximum Gasteiger partial charge on any atom is 0.0318 e. The molecule has 2 rings (SSSR count). The summed E-state index contributed by atoms with van der Waals surface area (Å²) in [5, 5.41) is 0.